The number of benzene rings is 2. The van der Waals surface area contributed by atoms with Gasteiger partial charge in [0.25, 0.3) is 0 Å². The summed E-state index contributed by atoms with van der Waals surface area (Å²) >= 11 is 0. The molecule has 1 N–H and O–H groups in total. The van der Waals surface area contributed by atoms with Gasteiger partial charge in [0.2, 0.25) is 0 Å². The Labute approximate surface area is 126 Å². The minimum absolute atomic E-state index is 0.00311. The zero-order valence-electron chi connectivity index (χ0n) is 12.3. The summed E-state index contributed by atoms with van der Waals surface area (Å²) < 4.78 is 0. The summed E-state index contributed by atoms with van der Waals surface area (Å²) in [7, 11) is 0. The maximum Gasteiger partial charge on any atom is 0.0776 e. The monoisotopic (exact) mass is 276 g/mol. The minimum Gasteiger partial charge on any atom is -0.278 e. The van der Waals surface area contributed by atoms with Crippen LogP contribution in [-0.2, 0) is 0 Å². The van der Waals surface area contributed by atoms with Crippen LogP contribution < -0.4 is 5.43 Å². The van der Waals surface area contributed by atoms with Crippen LogP contribution in [0.1, 0.15) is 25.3 Å². The van der Waals surface area contributed by atoms with Crippen LogP contribution in [-0.4, -0.2) is 5.71 Å². The highest BCUT2D eigenvalue weighted by Gasteiger charge is 2.31. The normalized spacial score (nSPS) is 21.5. The summed E-state index contributed by atoms with van der Waals surface area (Å²) in [5.41, 5.74) is 6.49. The van der Waals surface area contributed by atoms with Crippen molar-refractivity contribution < 1.29 is 0 Å². The van der Waals surface area contributed by atoms with Gasteiger partial charge in [-0.05, 0) is 30.5 Å². The first kappa shape index (κ1) is 13.6. The van der Waals surface area contributed by atoms with E-state index in [2.05, 4.69) is 48.8 Å². The number of nitrogens with zero attached hydrogens (tertiary/aromatic N) is 1. The molecule has 0 spiro atoms. The zero-order chi connectivity index (χ0) is 14.5. The van der Waals surface area contributed by atoms with Crippen molar-refractivity contribution in [2.75, 3.05) is 5.43 Å². The fourth-order valence-corrected chi connectivity index (χ4v) is 2.76. The van der Waals surface area contributed by atoms with Gasteiger partial charge in [-0.3, -0.25) is 5.43 Å². The smallest absolute Gasteiger partial charge is 0.0776 e. The molecule has 2 heteroatoms. The van der Waals surface area contributed by atoms with E-state index in [1.165, 1.54) is 5.56 Å². The summed E-state index contributed by atoms with van der Waals surface area (Å²) in [5.74, 6) is 0. The number of anilines is 1. The Balaban J connectivity index is 1.95. The standard InChI is InChI=1S/C19H20N2/c1-19(14-8-9-15-19)18(16-10-4-2-5-11-16)21-20-17-12-6-3-7-13-17/h2-8,10-14,20H,9,15H2,1H3/b21-18-. The molecule has 1 aliphatic carbocycles. The van der Waals surface area contributed by atoms with Crippen LogP contribution in [0.3, 0.4) is 0 Å². The molecule has 2 nitrogen and oxygen atoms in total. The van der Waals surface area contributed by atoms with E-state index in [1.807, 2.05) is 36.4 Å². The number of para-hydroxylation sites is 1. The summed E-state index contributed by atoms with van der Waals surface area (Å²) in [6.07, 6.45) is 6.76. The second-order valence-electron chi connectivity index (χ2n) is 5.66. The Morgan fingerprint density at radius 2 is 1.67 bits per heavy atom. The number of nitrogens with one attached hydrogen (secondary N) is 1. The predicted molar refractivity (Wildman–Crippen MR) is 89.5 cm³/mol. The number of rotatable bonds is 4. The third-order valence-electron chi connectivity index (χ3n) is 3.97. The van der Waals surface area contributed by atoms with Crippen LogP contribution in [0.4, 0.5) is 5.69 Å². The molecule has 1 aliphatic rings. The molecule has 0 aliphatic heterocycles. The van der Waals surface area contributed by atoms with E-state index in [4.69, 9.17) is 5.10 Å². The quantitative estimate of drug-likeness (QED) is 0.481. The molecule has 0 heterocycles. The maximum atomic E-state index is 4.73. The summed E-state index contributed by atoms with van der Waals surface area (Å²) in [4.78, 5) is 0. The Morgan fingerprint density at radius 3 is 2.29 bits per heavy atom. The average Bonchev–Trinajstić information content (AvgIpc) is 2.97. The van der Waals surface area contributed by atoms with Crippen LogP contribution in [0.2, 0.25) is 0 Å². The predicted octanol–water partition coefficient (Wildman–Crippen LogP) is 4.86. The summed E-state index contributed by atoms with van der Waals surface area (Å²) in [5, 5.41) is 4.73. The lowest BCUT2D eigenvalue weighted by Crippen LogP contribution is -2.25. The van der Waals surface area contributed by atoms with E-state index < -0.39 is 0 Å². The topological polar surface area (TPSA) is 24.4 Å². The Bertz CT molecular complexity index is 644. The van der Waals surface area contributed by atoms with Crippen molar-refractivity contribution in [1.29, 1.82) is 0 Å². The molecule has 1 unspecified atom stereocenters. The second-order valence-corrected chi connectivity index (χ2v) is 5.66. The van der Waals surface area contributed by atoms with Crippen molar-refractivity contribution in [2.24, 2.45) is 10.5 Å². The van der Waals surface area contributed by atoms with E-state index >= 15 is 0 Å². The third-order valence-corrected chi connectivity index (χ3v) is 3.97. The van der Waals surface area contributed by atoms with Crippen molar-refractivity contribution in [2.45, 2.75) is 19.8 Å². The Morgan fingerprint density at radius 1 is 1.00 bits per heavy atom. The van der Waals surface area contributed by atoms with E-state index in [1.54, 1.807) is 0 Å². The summed E-state index contributed by atoms with van der Waals surface area (Å²) in [6.45, 7) is 2.26. The summed E-state index contributed by atoms with van der Waals surface area (Å²) in [6, 6.07) is 20.5. The molecule has 106 valence electrons. The molecule has 2 aromatic carbocycles. The molecule has 1 atom stereocenters. The van der Waals surface area contributed by atoms with Crippen molar-refractivity contribution in [3.05, 3.63) is 78.4 Å². The van der Waals surface area contributed by atoms with Gasteiger partial charge in [-0.1, -0.05) is 67.6 Å². The molecule has 0 amide bonds. The van der Waals surface area contributed by atoms with Gasteiger partial charge in [0.15, 0.2) is 0 Å². The molecule has 0 radical (unpaired) electrons. The Kier molecular flexibility index (Phi) is 3.87. The molecule has 0 fully saturated rings. The first-order valence-electron chi connectivity index (χ1n) is 7.40. The van der Waals surface area contributed by atoms with Gasteiger partial charge in [-0.25, -0.2) is 0 Å². The molecule has 0 saturated carbocycles. The zero-order valence-corrected chi connectivity index (χ0v) is 12.3. The van der Waals surface area contributed by atoms with Gasteiger partial charge in [-0.15, -0.1) is 0 Å². The van der Waals surface area contributed by atoms with Gasteiger partial charge in [0, 0.05) is 5.41 Å². The third kappa shape index (κ3) is 3.05. The highest BCUT2D eigenvalue weighted by atomic mass is 15.3. The number of hydrazone groups is 1. The van der Waals surface area contributed by atoms with Crippen molar-refractivity contribution >= 4 is 11.4 Å². The first-order valence-corrected chi connectivity index (χ1v) is 7.40. The maximum absolute atomic E-state index is 4.73. The largest absolute Gasteiger partial charge is 0.278 e. The molecule has 2 aromatic rings. The fraction of sp³-hybridized carbons (Fsp3) is 0.211. The van der Waals surface area contributed by atoms with Crippen molar-refractivity contribution in [1.82, 2.24) is 0 Å². The van der Waals surface area contributed by atoms with Crippen LogP contribution in [0.5, 0.6) is 0 Å². The van der Waals surface area contributed by atoms with Gasteiger partial charge in [0.1, 0.15) is 0 Å². The van der Waals surface area contributed by atoms with Crippen LogP contribution in [0.15, 0.2) is 77.9 Å². The van der Waals surface area contributed by atoms with Crippen LogP contribution >= 0.6 is 0 Å². The van der Waals surface area contributed by atoms with Gasteiger partial charge < -0.3 is 0 Å². The highest BCUT2D eigenvalue weighted by molar-refractivity contribution is 6.06. The van der Waals surface area contributed by atoms with Gasteiger partial charge in [0.05, 0.1) is 11.4 Å². The highest BCUT2D eigenvalue weighted by Crippen LogP contribution is 2.35. The van der Waals surface area contributed by atoms with E-state index in [9.17, 15) is 0 Å². The fourth-order valence-electron chi connectivity index (χ4n) is 2.76. The lowest BCUT2D eigenvalue weighted by atomic mass is 9.81. The molecule has 21 heavy (non-hydrogen) atoms. The van der Waals surface area contributed by atoms with Gasteiger partial charge >= 0.3 is 0 Å². The number of hydrogen-bond acceptors (Lipinski definition) is 2. The van der Waals surface area contributed by atoms with E-state index in [0.717, 1.165) is 24.2 Å². The van der Waals surface area contributed by atoms with Crippen LogP contribution in [0.25, 0.3) is 0 Å². The van der Waals surface area contributed by atoms with E-state index in [-0.39, 0.29) is 5.41 Å². The molecule has 0 saturated heterocycles. The lowest BCUT2D eigenvalue weighted by molar-refractivity contribution is 0.580. The lowest BCUT2D eigenvalue weighted by Gasteiger charge is -2.24. The Hall–Kier alpha value is -2.35. The SMILES string of the molecule is CC1(/C(=N\Nc2ccccc2)c2ccccc2)C=CCC1. The number of hydrogen-bond donors (Lipinski definition) is 1. The average molecular weight is 276 g/mol. The van der Waals surface area contributed by atoms with E-state index in [0.29, 0.717) is 0 Å². The minimum atomic E-state index is 0.00311. The molecule has 0 aromatic heterocycles. The molecular weight excluding hydrogens is 256 g/mol. The molecule has 3 rings (SSSR count). The van der Waals surface area contributed by atoms with Gasteiger partial charge in [-0.2, -0.15) is 5.10 Å². The van der Waals surface area contributed by atoms with Crippen LogP contribution in [0, 0.1) is 5.41 Å². The molecular formula is C19H20N2. The first-order chi connectivity index (χ1) is 10.3. The second kappa shape index (κ2) is 5.96. The van der Waals surface area contributed by atoms with Crippen molar-refractivity contribution in [3.63, 3.8) is 0 Å². The molecule has 0 bridgehead atoms. The number of allylic oxidation sites excluding steroid dienone is 2. The van der Waals surface area contributed by atoms with Crippen molar-refractivity contribution in [3.8, 4) is 0 Å².